The normalized spacial score (nSPS) is 15.4. The van der Waals surface area contributed by atoms with Gasteiger partial charge in [0.1, 0.15) is 0 Å². The summed E-state index contributed by atoms with van der Waals surface area (Å²) in [5.74, 6) is -2.71. The maximum absolute atomic E-state index is 13.5. The Balaban J connectivity index is 1.87. The summed E-state index contributed by atoms with van der Waals surface area (Å²) in [5, 5.41) is 3.00. The zero-order valence-electron chi connectivity index (χ0n) is 13.2. The van der Waals surface area contributed by atoms with E-state index in [0.29, 0.717) is 33.2 Å². The summed E-state index contributed by atoms with van der Waals surface area (Å²) in [6.07, 6.45) is 2.32. The van der Waals surface area contributed by atoms with Crippen molar-refractivity contribution in [2.75, 3.05) is 5.32 Å². The lowest BCUT2D eigenvalue weighted by Gasteiger charge is -2.09. The van der Waals surface area contributed by atoms with Gasteiger partial charge in [-0.15, -0.1) is 0 Å². The van der Waals surface area contributed by atoms with Crippen molar-refractivity contribution in [3.05, 3.63) is 40.7 Å². The summed E-state index contributed by atoms with van der Waals surface area (Å²) in [5.41, 5.74) is 2.18. The third-order valence-corrected chi connectivity index (χ3v) is 4.20. The Hall–Kier alpha value is -2.08. The number of nitrogens with one attached hydrogen (secondary N) is 1. The summed E-state index contributed by atoms with van der Waals surface area (Å²) in [6, 6.07) is 3.22. The summed E-state index contributed by atoms with van der Waals surface area (Å²) >= 11 is 6.22. The molecule has 0 saturated carbocycles. The third-order valence-electron chi connectivity index (χ3n) is 3.89. The quantitative estimate of drug-likeness (QED) is 0.904. The second-order valence-corrected chi connectivity index (χ2v) is 6.65. The van der Waals surface area contributed by atoms with Crippen molar-refractivity contribution in [2.24, 2.45) is 5.92 Å². The van der Waals surface area contributed by atoms with Gasteiger partial charge in [0.05, 0.1) is 23.1 Å². The summed E-state index contributed by atoms with van der Waals surface area (Å²) in [4.78, 5) is 20.0. The first kappa shape index (κ1) is 16.8. The van der Waals surface area contributed by atoms with Crippen molar-refractivity contribution < 1.29 is 13.6 Å². The Kier molecular flexibility index (Phi) is 4.25. The molecule has 1 heterocycles. The van der Waals surface area contributed by atoms with E-state index in [0.717, 1.165) is 0 Å². The van der Waals surface area contributed by atoms with Gasteiger partial charge in [0, 0.05) is 24.3 Å². The van der Waals surface area contributed by atoms with Gasteiger partial charge >= 0.3 is 0 Å². The number of carbonyl (C=O) groups is 1. The molecule has 1 amide bonds. The molecule has 1 N–H and O–H groups in total. The third kappa shape index (κ3) is 3.38. The zero-order chi connectivity index (χ0) is 17.5. The molecule has 24 heavy (non-hydrogen) atoms. The maximum atomic E-state index is 13.5. The van der Waals surface area contributed by atoms with Crippen LogP contribution in [0.1, 0.15) is 25.0 Å². The van der Waals surface area contributed by atoms with Gasteiger partial charge in [-0.2, -0.15) is 0 Å². The highest BCUT2D eigenvalue weighted by Gasteiger charge is 2.37. The molecule has 4 nitrogen and oxygen atoms in total. The van der Waals surface area contributed by atoms with Gasteiger partial charge in [-0.3, -0.25) is 9.78 Å². The monoisotopic (exact) mass is 351 g/mol. The molecule has 0 fully saturated rings. The molecule has 0 spiro atoms. The lowest BCUT2D eigenvalue weighted by atomic mass is 10.0. The smallest absolute Gasteiger partial charge is 0.256 e. The average molecular weight is 352 g/mol. The standard InChI is InChI=1S/C17H16ClF2N3O/c1-9(2)16(24)23-15-8-21-14(7-22-15)12-3-10-5-17(19,20)6-11(10)4-13(12)18/h3-4,7-9H,5-6H2,1-2H3,(H,22,23,24). The van der Waals surface area contributed by atoms with E-state index >= 15 is 0 Å². The fourth-order valence-corrected chi connectivity index (χ4v) is 2.89. The van der Waals surface area contributed by atoms with E-state index in [9.17, 15) is 13.6 Å². The van der Waals surface area contributed by atoms with E-state index in [1.54, 1.807) is 26.0 Å². The Morgan fingerprint density at radius 2 is 1.88 bits per heavy atom. The largest absolute Gasteiger partial charge is 0.309 e. The van der Waals surface area contributed by atoms with Gasteiger partial charge in [0.2, 0.25) is 5.91 Å². The summed E-state index contributed by atoms with van der Waals surface area (Å²) in [7, 11) is 0. The lowest BCUT2D eigenvalue weighted by molar-refractivity contribution is -0.118. The molecule has 7 heteroatoms. The highest BCUT2D eigenvalue weighted by Crippen LogP contribution is 2.39. The van der Waals surface area contributed by atoms with Crippen LogP contribution in [-0.4, -0.2) is 21.8 Å². The first-order valence-corrected chi connectivity index (χ1v) is 7.95. The number of nitrogens with zero attached hydrogens (tertiary/aromatic N) is 2. The van der Waals surface area contributed by atoms with Gasteiger partial charge in [-0.1, -0.05) is 25.4 Å². The van der Waals surface area contributed by atoms with Gasteiger partial charge in [-0.25, -0.2) is 13.8 Å². The highest BCUT2D eigenvalue weighted by atomic mass is 35.5. The number of anilines is 1. The molecular weight excluding hydrogens is 336 g/mol. The number of rotatable bonds is 3. The molecule has 1 aliphatic carbocycles. The minimum Gasteiger partial charge on any atom is -0.309 e. The van der Waals surface area contributed by atoms with Gasteiger partial charge < -0.3 is 5.32 Å². The number of halogens is 3. The summed E-state index contributed by atoms with van der Waals surface area (Å²) in [6.45, 7) is 3.55. The molecule has 1 aromatic heterocycles. The van der Waals surface area contributed by atoms with Crippen LogP contribution in [0.5, 0.6) is 0 Å². The van der Waals surface area contributed by atoms with Crippen LogP contribution in [0.4, 0.5) is 14.6 Å². The first-order valence-electron chi connectivity index (χ1n) is 7.57. The average Bonchev–Trinajstić information content (AvgIpc) is 2.80. The summed E-state index contributed by atoms with van der Waals surface area (Å²) < 4.78 is 27.1. The van der Waals surface area contributed by atoms with Crippen molar-refractivity contribution in [1.29, 1.82) is 0 Å². The van der Waals surface area contributed by atoms with Crippen LogP contribution >= 0.6 is 11.6 Å². The fourth-order valence-electron chi connectivity index (χ4n) is 2.61. The molecular formula is C17H16ClF2N3O. The Morgan fingerprint density at radius 3 is 2.46 bits per heavy atom. The number of alkyl halides is 2. The number of hydrogen-bond acceptors (Lipinski definition) is 3. The lowest BCUT2D eigenvalue weighted by Crippen LogP contribution is -2.18. The topological polar surface area (TPSA) is 54.9 Å². The second kappa shape index (κ2) is 6.09. The Morgan fingerprint density at radius 1 is 1.21 bits per heavy atom. The van der Waals surface area contributed by atoms with Gasteiger partial charge in [0.25, 0.3) is 5.92 Å². The van der Waals surface area contributed by atoms with Crippen LogP contribution in [-0.2, 0) is 17.6 Å². The van der Waals surface area contributed by atoms with Crippen molar-refractivity contribution in [2.45, 2.75) is 32.6 Å². The molecule has 0 saturated heterocycles. The molecule has 3 rings (SSSR count). The molecule has 0 radical (unpaired) electrons. The van der Waals surface area contributed by atoms with Crippen LogP contribution in [0, 0.1) is 5.92 Å². The fraction of sp³-hybridized carbons (Fsp3) is 0.353. The van der Waals surface area contributed by atoms with Crippen LogP contribution in [0.25, 0.3) is 11.3 Å². The molecule has 1 aromatic carbocycles. The van der Waals surface area contributed by atoms with E-state index in [1.165, 1.54) is 12.4 Å². The minimum absolute atomic E-state index is 0.158. The maximum Gasteiger partial charge on any atom is 0.256 e. The van der Waals surface area contributed by atoms with Crippen LogP contribution < -0.4 is 5.32 Å². The van der Waals surface area contributed by atoms with Crippen LogP contribution in [0.15, 0.2) is 24.5 Å². The van der Waals surface area contributed by atoms with E-state index in [4.69, 9.17) is 11.6 Å². The number of carbonyl (C=O) groups excluding carboxylic acids is 1. The van der Waals surface area contributed by atoms with Crippen molar-refractivity contribution in [3.63, 3.8) is 0 Å². The SMILES string of the molecule is CC(C)C(=O)Nc1cnc(-c2cc3c(cc2Cl)CC(F)(F)C3)cn1. The first-order chi connectivity index (χ1) is 11.2. The number of fused-ring (bicyclic) bond motifs is 1. The zero-order valence-corrected chi connectivity index (χ0v) is 14.0. The van der Waals surface area contributed by atoms with Crippen molar-refractivity contribution in [3.8, 4) is 11.3 Å². The Bertz CT molecular complexity index is 791. The van der Waals surface area contributed by atoms with Gasteiger partial charge in [-0.05, 0) is 23.3 Å². The number of amides is 1. The number of hydrogen-bond donors (Lipinski definition) is 1. The molecule has 1 aliphatic rings. The molecule has 126 valence electrons. The Labute approximate surface area is 143 Å². The van der Waals surface area contributed by atoms with Gasteiger partial charge in [0.15, 0.2) is 5.82 Å². The molecule has 0 unspecified atom stereocenters. The van der Waals surface area contributed by atoms with Crippen molar-refractivity contribution in [1.82, 2.24) is 9.97 Å². The molecule has 0 aliphatic heterocycles. The van der Waals surface area contributed by atoms with E-state index in [-0.39, 0.29) is 24.7 Å². The van der Waals surface area contributed by atoms with E-state index in [2.05, 4.69) is 15.3 Å². The molecule has 0 atom stereocenters. The number of aromatic nitrogens is 2. The van der Waals surface area contributed by atoms with Crippen LogP contribution in [0.2, 0.25) is 5.02 Å². The van der Waals surface area contributed by atoms with Crippen molar-refractivity contribution >= 4 is 23.3 Å². The second-order valence-electron chi connectivity index (χ2n) is 6.24. The predicted octanol–water partition coefficient (Wildman–Crippen LogP) is 4.13. The highest BCUT2D eigenvalue weighted by molar-refractivity contribution is 6.33. The van der Waals surface area contributed by atoms with E-state index in [1.807, 2.05) is 0 Å². The number of benzene rings is 1. The van der Waals surface area contributed by atoms with E-state index < -0.39 is 5.92 Å². The minimum atomic E-state index is -2.72. The predicted molar refractivity (Wildman–Crippen MR) is 88.3 cm³/mol. The molecule has 0 bridgehead atoms. The molecule has 2 aromatic rings. The van der Waals surface area contributed by atoms with Crippen LogP contribution in [0.3, 0.4) is 0 Å².